The maximum atomic E-state index is 13.9. The Morgan fingerprint density at radius 1 is 1.59 bits per heavy atom. The van der Waals surface area contributed by atoms with E-state index in [4.69, 9.17) is 17.1 Å². The van der Waals surface area contributed by atoms with Crippen LogP contribution >= 0.6 is 37.1 Å². The Labute approximate surface area is 112 Å². The fraction of sp³-hybridized carbons (Fsp3) is 1.00. The minimum atomic E-state index is -2.21. The van der Waals surface area contributed by atoms with Crippen molar-refractivity contribution in [3.05, 3.63) is 0 Å². The highest BCUT2D eigenvalue weighted by molar-refractivity contribution is 8.90. The summed E-state index contributed by atoms with van der Waals surface area (Å²) in [6.45, 7) is 3.58. The van der Waals surface area contributed by atoms with Crippen LogP contribution in [0, 0.1) is 0 Å². The van der Waals surface area contributed by atoms with Crippen LogP contribution in [0.2, 0.25) is 0 Å². The molecule has 4 atom stereocenters. The van der Waals surface area contributed by atoms with E-state index in [0.29, 0.717) is 11.5 Å². The first-order chi connectivity index (χ1) is 7.90. The summed E-state index contributed by atoms with van der Waals surface area (Å²) in [5, 5.41) is 0. The van der Waals surface area contributed by atoms with E-state index >= 15 is 0 Å². The van der Waals surface area contributed by atoms with Crippen LogP contribution in [0.1, 0.15) is 0 Å². The molecule has 0 saturated carbocycles. The van der Waals surface area contributed by atoms with Gasteiger partial charge in [-0.1, -0.05) is 22.8 Å². The lowest BCUT2D eigenvalue weighted by Crippen LogP contribution is -2.48. The molecule has 0 bridgehead atoms. The average Bonchev–Trinajstić information content (AvgIpc) is 2.49. The molecule has 2 saturated heterocycles. The van der Waals surface area contributed by atoms with Crippen molar-refractivity contribution >= 4 is 45.0 Å². The Hall–Kier alpha value is 1.27. The molecular weight excluding hydrogens is 300 g/mol. The van der Waals surface area contributed by atoms with Crippen molar-refractivity contribution in [2.24, 2.45) is 0 Å². The zero-order chi connectivity index (χ0) is 12.7. The average molecular weight is 314 g/mol. The van der Waals surface area contributed by atoms with Crippen LogP contribution in [0.3, 0.4) is 0 Å². The normalized spacial score (nSPS) is 51.6. The quantitative estimate of drug-likeness (QED) is 0.578. The van der Waals surface area contributed by atoms with Crippen molar-refractivity contribution in [1.82, 2.24) is 0 Å². The topological polar surface area (TPSA) is 35.5 Å². The van der Waals surface area contributed by atoms with Crippen LogP contribution in [-0.2, 0) is 13.8 Å². The second kappa shape index (κ2) is 5.34. The lowest BCUT2D eigenvalue weighted by Gasteiger charge is -2.38. The first-order valence-corrected chi connectivity index (χ1v) is 11.9. The number of hydrogen-bond acceptors (Lipinski definition) is 5. The molecule has 2 heterocycles. The summed E-state index contributed by atoms with van der Waals surface area (Å²) in [5.74, 6) is 0.966. The molecular formula is C8H14BFO3P2S2. The van der Waals surface area contributed by atoms with Crippen molar-refractivity contribution in [3.8, 4) is 0 Å². The molecule has 0 aliphatic carbocycles. The molecule has 1 spiro atoms. The minimum absolute atomic E-state index is 0.189. The largest absolute Gasteiger partial charge is 0.374 e. The van der Waals surface area contributed by atoms with Gasteiger partial charge in [0.2, 0.25) is 0 Å². The molecule has 96 valence electrons. The first-order valence-electron chi connectivity index (χ1n) is 5.17. The van der Waals surface area contributed by atoms with Crippen molar-refractivity contribution < 1.29 is 18.2 Å². The fourth-order valence-electron chi connectivity index (χ4n) is 1.93. The summed E-state index contributed by atoms with van der Waals surface area (Å²) < 4.78 is 36.9. The summed E-state index contributed by atoms with van der Waals surface area (Å²) in [7, 11) is 5.80. The Morgan fingerprint density at radius 3 is 2.71 bits per heavy atom. The smallest absolute Gasteiger partial charge is 0.188 e. The zero-order valence-corrected chi connectivity index (χ0v) is 13.1. The van der Waals surface area contributed by atoms with Gasteiger partial charge < -0.3 is 13.8 Å². The maximum absolute atomic E-state index is 13.9. The number of rotatable bonds is 2. The number of halogens is 1. The molecule has 0 N–H and O–H groups in total. The van der Waals surface area contributed by atoms with Crippen molar-refractivity contribution in [3.63, 3.8) is 0 Å². The first kappa shape index (κ1) is 14.7. The number of alkyl halides is 1. The Morgan fingerprint density at radius 2 is 2.18 bits per heavy atom. The van der Waals surface area contributed by atoms with Crippen LogP contribution < -0.4 is 0 Å². The number of ether oxygens (including phenoxy) is 1. The van der Waals surface area contributed by atoms with E-state index in [1.807, 2.05) is 6.66 Å². The van der Waals surface area contributed by atoms with Gasteiger partial charge in [0, 0.05) is 27.0 Å². The summed E-state index contributed by atoms with van der Waals surface area (Å²) in [5.41, 5.74) is -2.93. The van der Waals surface area contributed by atoms with Crippen LogP contribution in [0.4, 0.5) is 4.39 Å². The van der Waals surface area contributed by atoms with Crippen LogP contribution in [0.15, 0.2) is 0 Å². The van der Waals surface area contributed by atoms with E-state index in [1.165, 1.54) is 22.8 Å². The van der Waals surface area contributed by atoms with Gasteiger partial charge in [0.05, 0.1) is 6.00 Å². The maximum Gasteiger partial charge on any atom is 0.188 e. The van der Waals surface area contributed by atoms with Gasteiger partial charge in [0.1, 0.15) is 25.7 Å². The minimum Gasteiger partial charge on any atom is -0.374 e. The van der Waals surface area contributed by atoms with Gasteiger partial charge in [-0.2, -0.15) is 0 Å². The van der Waals surface area contributed by atoms with Gasteiger partial charge in [-0.3, -0.25) is 0 Å². The molecule has 0 aromatic carbocycles. The van der Waals surface area contributed by atoms with Gasteiger partial charge in [0.25, 0.3) is 0 Å². The zero-order valence-electron chi connectivity index (χ0n) is 9.59. The van der Waals surface area contributed by atoms with E-state index in [2.05, 4.69) is 0 Å². The summed E-state index contributed by atoms with van der Waals surface area (Å²) in [6, 6.07) is -0.938. The van der Waals surface area contributed by atoms with Crippen molar-refractivity contribution in [2.45, 2.75) is 23.9 Å². The SMILES string of the molecule is [B][C@@H]1OC2(CSP(C)(=O)SC2)[C@H](OPC)C1F. The highest BCUT2D eigenvalue weighted by Crippen LogP contribution is 2.71. The van der Waals surface area contributed by atoms with E-state index < -0.39 is 29.4 Å². The highest BCUT2D eigenvalue weighted by Gasteiger charge is 2.57. The predicted octanol–water partition coefficient (Wildman–Crippen LogP) is 2.50. The highest BCUT2D eigenvalue weighted by atomic mass is 33.1. The molecule has 17 heavy (non-hydrogen) atoms. The molecule has 0 amide bonds. The fourth-order valence-corrected chi connectivity index (χ4v) is 8.87. The van der Waals surface area contributed by atoms with Crippen molar-refractivity contribution in [2.75, 3.05) is 24.8 Å². The van der Waals surface area contributed by atoms with Crippen LogP contribution in [0.5, 0.6) is 0 Å². The lowest BCUT2D eigenvalue weighted by atomic mass is 9.92. The standard InChI is InChI=1S/C8H14BFO3P2S2/c1-14-13-6-5(10)7(9)12-8(6)3-16-15(2,11)17-4-8/h5-7,14H,3-4H2,1-2H3/t5?,6-,7-,8?,15?/m1/s1. The lowest BCUT2D eigenvalue weighted by molar-refractivity contribution is -0.0174. The molecule has 9 heteroatoms. The van der Waals surface area contributed by atoms with Crippen LogP contribution in [0.25, 0.3) is 0 Å². The van der Waals surface area contributed by atoms with Gasteiger partial charge in [-0.05, 0) is 6.66 Å². The van der Waals surface area contributed by atoms with E-state index in [0.717, 1.165) is 0 Å². The Balaban J connectivity index is 2.16. The molecule has 2 aliphatic heterocycles. The summed E-state index contributed by atoms with van der Waals surface area (Å²) in [4.78, 5) is 0. The molecule has 3 nitrogen and oxygen atoms in total. The van der Waals surface area contributed by atoms with Gasteiger partial charge in [-0.15, -0.1) is 0 Å². The third-order valence-corrected chi connectivity index (χ3v) is 11.0. The predicted molar refractivity (Wildman–Crippen MR) is 75.8 cm³/mol. The second-order valence-corrected chi connectivity index (χ2v) is 13.9. The molecule has 0 aromatic heterocycles. The molecule has 2 radical (unpaired) electrons. The molecule has 2 aliphatic rings. The second-order valence-electron chi connectivity index (χ2n) is 4.15. The van der Waals surface area contributed by atoms with Gasteiger partial charge in [-0.25, -0.2) is 4.39 Å². The van der Waals surface area contributed by atoms with E-state index in [9.17, 15) is 8.96 Å². The molecule has 2 fully saturated rings. The summed E-state index contributed by atoms with van der Waals surface area (Å²) in [6.07, 6.45) is -1.95. The molecule has 0 aromatic rings. The van der Waals surface area contributed by atoms with E-state index in [-0.39, 0.29) is 8.81 Å². The third kappa shape index (κ3) is 2.90. The Kier molecular flexibility index (Phi) is 4.61. The Bertz CT molecular complexity index is 337. The van der Waals surface area contributed by atoms with Crippen LogP contribution in [-0.4, -0.2) is 56.6 Å². The third-order valence-electron chi connectivity index (χ3n) is 2.82. The van der Waals surface area contributed by atoms with E-state index in [1.54, 1.807) is 6.66 Å². The summed E-state index contributed by atoms with van der Waals surface area (Å²) >= 11 is 2.69. The van der Waals surface area contributed by atoms with Gasteiger partial charge in [0.15, 0.2) is 5.55 Å². The monoisotopic (exact) mass is 314 g/mol. The number of hydrogen-bond donors (Lipinski definition) is 0. The molecule has 2 rings (SSSR count). The van der Waals surface area contributed by atoms with Crippen molar-refractivity contribution in [1.29, 1.82) is 0 Å². The molecule has 2 unspecified atom stereocenters. The van der Waals surface area contributed by atoms with Gasteiger partial charge >= 0.3 is 0 Å².